The summed E-state index contributed by atoms with van der Waals surface area (Å²) in [6.45, 7) is 4.29. The first-order valence-electron chi connectivity index (χ1n) is 9.57. The zero-order valence-corrected chi connectivity index (χ0v) is 17.5. The Hall–Kier alpha value is -2.56. The van der Waals surface area contributed by atoms with E-state index in [4.69, 9.17) is 16.9 Å². The third-order valence-electron chi connectivity index (χ3n) is 4.96. The van der Waals surface area contributed by atoms with E-state index in [0.717, 1.165) is 18.8 Å². The molecule has 0 amide bonds. The van der Waals surface area contributed by atoms with Crippen LogP contribution in [0.4, 0.5) is 18.9 Å². The van der Waals surface area contributed by atoms with Gasteiger partial charge in [0, 0.05) is 48.9 Å². The van der Waals surface area contributed by atoms with Crippen molar-refractivity contribution in [3.8, 4) is 6.07 Å². The van der Waals surface area contributed by atoms with Crippen LogP contribution in [0.5, 0.6) is 0 Å². The monoisotopic (exact) mass is 437 g/mol. The van der Waals surface area contributed by atoms with E-state index in [1.807, 2.05) is 19.9 Å². The van der Waals surface area contributed by atoms with Gasteiger partial charge in [0.15, 0.2) is 11.6 Å². The number of carbonyl (C=O) groups is 1. The van der Waals surface area contributed by atoms with Crippen molar-refractivity contribution in [3.63, 3.8) is 0 Å². The predicted octanol–water partition coefficient (Wildman–Crippen LogP) is 4.98. The molecule has 2 aromatic carbocycles. The summed E-state index contributed by atoms with van der Waals surface area (Å²) in [5, 5.41) is 12.6. The van der Waals surface area contributed by atoms with Gasteiger partial charge in [0.05, 0.1) is 10.6 Å². The molecule has 0 aromatic heterocycles. The second-order valence-electron chi connectivity index (χ2n) is 7.04. The Morgan fingerprint density at radius 1 is 1.20 bits per heavy atom. The van der Waals surface area contributed by atoms with Gasteiger partial charge in [-0.3, -0.25) is 0 Å². The minimum absolute atomic E-state index is 0.0613. The number of hydrogen-bond donors (Lipinski definition) is 1. The number of nitrogens with zero attached hydrogens (tertiary/aromatic N) is 2. The lowest BCUT2D eigenvalue weighted by Gasteiger charge is -2.34. The van der Waals surface area contributed by atoms with Gasteiger partial charge in [-0.05, 0) is 37.6 Å². The normalized spacial score (nSPS) is 12.8. The summed E-state index contributed by atoms with van der Waals surface area (Å²) in [6.07, 6.45) is 1.74. The SMILES string of the molecule is CCC(C)NC[C@H](CC=O)N(Cc1cc(F)c(F)cc1F)c1ccc(C#N)c(Cl)c1. The molecule has 0 spiro atoms. The van der Waals surface area contributed by atoms with E-state index < -0.39 is 23.5 Å². The van der Waals surface area contributed by atoms with Gasteiger partial charge in [-0.2, -0.15) is 5.26 Å². The van der Waals surface area contributed by atoms with Crippen molar-refractivity contribution in [2.75, 3.05) is 11.4 Å². The highest BCUT2D eigenvalue weighted by atomic mass is 35.5. The van der Waals surface area contributed by atoms with Crippen molar-refractivity contribution in [2.45, 2.75) is 45.3 Å². The molecular formula is C22H23ClF3N3O. The van der Waals surface area contributed by atoms with Crippen molar-refractivity contribution in [1.82, 2.24) is 5.32 Å². The molecule has 0 aliphatic rings. The van der Waals surface area contributed by atoms with E-state index in [0.29, 0.717) is 18.3 Å². The molecule has 30 heavy (non-hydrogen) atoms. The molecule has 1 N–H and O–H groups in total. The number of carbonyl (C=O) groups excluding carboxylic acids is 1. The van der Waals surface area contributed by atoms with Crippen LogP contribution in [0.15, 0.2) is 30.3 Å². The Morgan fingerprint density at radius 3 is 2.50 bits per heavy atom. The zero-order chi connectivity index (χ0) is 22.3. The average Bonchev–Trinajstić information content (AvgIpc) is 2.72. The number of aldehydes is 1. The molecule has 0 bridgehead atoms. The first-order valence-corrected chi connectivity index (χ1v) is 9.95. The van der Waals surface area contributed by atoms with E-state index in [-0.39, 0.29) is 35.2 Å². The predicted molar refractivity (Wildman–Crippen MR) is 111 cm³/mol. The van der Waals surface area contributed by atoms with Gasteiger partial charge < -0.3 is 15.0 Å². The molecule has 4 nitrogen and oxygen atoms in total. The van der Waals surface area contributed by atoms with E-state index in [1.54, 1.807) is 17.0 Å². The second-order valence-corrected chi connectivity index (χ2v) is 7.44. The molecular weight excluding hydrogens is 415 g/mol. The molecule has 0 aliphatic carbocycles. The molecule has 0 saturated carbocycles. The first-order chi connectivity index (χ1) is 14.3. The summed E-state index contributed by atoms with van der Waals surface area (Å²) in [5.41, 5.74) is 0.735. The molecule has 2 rings (SSSR count). The Labute approximate surface area is 179 Å². The average molecular weight is 438 g/mol. The van der Waals surface area contributed by atoms with Crippen LogP contribution < -0.4 is 10.2 Å². The van der Waals surface area contributed by atoms with Crippen LogP contribution in [0.3, 0.4) is 0 Å². The van der Waals surface area contributed by atoms with Gasteiger partial charge in [0.25, 0.3) is 0 Å². The van der Waals surface area contributed by atoms with Crippen LogP contribution in [-0.2, 0) is 11.3 Å². The molecule has 0 fully saturated rings. The second kappa shape index (κ2) is 11.0. The van der Waals surface area contributed by atoms with E-state index in [2.05, 4.69) is 5.32 Å². The largest absolute Gasteiger partial charge is 0.362 e. The third kappa shape index (κ3) is 5.97. The molecule has 160 valence electrons. The number of rotatable bonds is 10. The molecule has 2 atom stereocenters. The van der Waals surface area contributed by atoms with Gasteiger partial charge >= 0.3 is 0 Å². The van der Waals surface area contributed by atoms with Gasteiger partial charge in [0.2, 0.25) is 0 Å². The van der Waals surface area contributed by atoms with Crippen LogP contribution >= 0.6 is 11.6 Å². The highest BCUT2D eigenvalue weighted by Gasteiger charge is 2.23. The Kier molecular flexibility index (Phi) is 8.70. The van der Waals surface area contributed by atoms with Crippen LogP contribution in [0.25, 0.3) is 0 Å². The summed E-state index contributed by atoms with van der Waals surface area (Å²) >= 11 is 6.17. The highest BCUT2D eigenvalue weighted by Crippen LogP contribution is 2.28. The maximum atomic E-state index is 14.3. The van der Waals surface area contributed by atoms with Gasteiger partial charge in [-0.15, -0.1) is 0 Å². The number of hydrogen-bond acceptors (Lipinski definition) is 4. The lowest BCUT2D eigenvalue weighted by molar-refractivity contribution is -0.108. The fourth-order valence-electron chi connectivity index (χ4n) is 2.99. The van der Waals surface area contributed by atoms with Crippen molar-refractivity contribution >= 4 is 23.6 Å². The van der Waals surface area contributed by atoms with Crippen molar-refractivity contribution < 1.29 is 18.0 Å². The van der Waals surface area contributed by atoms with Crippen LogP contribution in [-0.4, -0.2) is 24.9 Å². The summed E-state index contributed by atoms with van der Waals surface area (Å²) in [5.74, 6) is -3.32. The van der Waals surface area contributed by atoms with Crippen LogP contribution in [0.2, 0.25) is 5.02 Å². The number of anilines is 1. The fraction of sp³-hybridized carbons (Fsp3) is 0.364. The van der Waals surface area contributed by atoms with E-state index in [9.17, 15) is 18.0 Å². The molecule has 0 radical (unpaired) electrons. The lowest BCUT2D eigenvalue weighted by Crippen LogP contribution is -2.44. The number of nitriles is 1. The van der Waals surface area contributed by atoms with Gasteiger partial charge in [0.1, 0.15) is 18.2 Å². The number of benzene rings is 2. The smallest absolute Gasteiger partial charge is 0.161 e. The summed E-state index contributed by atoms with van der Waals surface area (Å²) in [7, 11) is 0. The number of halogens is 4. The lowest BCUT2D eigenvalue weighted by atomic mass is 10.1. The molecule has 2 aromatic rings. The highest BCUT2D eigenvalue weighted by molar-refractivity contribution is 6.32. The fourth-order valence-corrected chi connectivity index (χ4v) is 3.20. The Bertz CT molecular complexity index is 933. The summed E-state index contributed by atoms with van der Waals surface area (Å²) < 4.78 is 41.4. The maximum Gasteiger partial charge on any atom is 0.161 e. The molecule has 1 unspecified atom stereocenters. The summed E-state index contributed by atoms with van der Waals surface area (Å²) in [4.78, 5) is 13.0. The molecule has 0 saturated heterocycles. The molecule has 8 heteroatoms. The quantitative estimate of drug-likeness (QED) is 0.420. The van der Waals surface area contributed by atoms with E-state index in [1.165, 1.54) is 6.07 Å². The van der Waals surface area contributed by atoms with Crippen molar-refractivity contribution in [2.24, 2.45) is 0 Å². The maximum absolute atomic E-state index is 14.3. The Balaban J connectivity index is 2.47. The Morgan fingerprint density at radius 2 is 1.90 bits per heavy atom. The van der Waals surface area contributed by atoms with Crippen molar-refractivity contribution in [3.05, 3.63) is 63.9 Å². The summed E-state index contributed by atoms with van der Waals surface area (Å²) in [6, 6.07) is 7.74. The minimum Gasteiger partial charge on any atom is -0.362 e. The first kappa shape index (κ1) is 23.7. The standard InChI is InChI=1S/C22H23ClF3N3O/c1-3-14(2)28-12-18(6-7-30)29(17-5-4-15(11-27)19(23)9-17)13-16-8-21(25)22(26)10-20(16)24/h4-5,7-10,14,18,28H,3,6,12-13H2,1-2H3/t14?,18-/m0/s1. The van der Waals surface area contributed by atoms with Crippen molar-refractivity contribution in [1.29, 1.82) is 5.26 Å². The minimum atomic E-state index is -1.27. The topological polar surface area (TPSA) is 56.1 Å². The van der Waals surface area contributed by atoms with Gasteiger partial charge in [-0.1, -0.05) is 18.5 Å². The van der Waals surface area contributed by atoms with Crippen LogP contribution in [0.1, 0.15) is 37.8 Å². The zero-order valence-electron chi connectivity index (χ0n) is 16.8. The van der Waals surface area contributed by atoms with Gasteiger partial charge in [-0.25, -0.2) is 13.2 Å². The molecule has 0 aliphatic heterocycles. The number of nitrogens with one attached hydrogen (secondary N) is 1. The third-order valence-corrected chi connectivity index (χ3v) is 5.27. The molecule has 0 heterocycles. The van der Waals surface area contributed by atoms with E-state index >= 15 is 0 Å². The van der Waals surface area contributed by atoms with Crippen LogP contribution in [0, 0.1) is 28.8 Å².